The molecule has 1 unspecified atom stereocenters. The van der Waals surface area contributed by atoms with Gasteiger partial charge in [0.15, 0.2) is 29.2 Å². The number of aromatic nitrogens is 1. The van der Waals surface area contributed by atoms with Crippen LogP contribution in [0.1, 0.15) is 11.6 Å². The van der Waals surface area contributed by atoms with Crippen molar-refractivity contribution in [2.45, 2.75) is 12.5 Å². The summed E-state index contributed by atoms with van der Waals surface area (Å²) in [4.78, 5) is 12.6. The van der Waals surface area contributed by atoms with Crippen LogP contribution in [0.25, 0.3) is 22.0 Å². The predicted molar refractivity (Wildman–Crippen MR) is 104 cm³/mol. The van der Waals surface area contributed by atoms with E-state index in [-0.39, 0.29) is 25.2 Å². The van der Waals surface area contributed by atoms with Gasteiger partial charge in [0.05, 0.1) is 32.3 Å². The number of hydrogen-bond acceptors (Lipinski definition) is 6. The van der Waals surface area contributed by atoms with E-state index in [0.29, 0.717) is 29.4 Å². The largest absolute Gasteiger partial charge is 1.00 e. The molecule has 1 aromatic heterocycles. The number of methoxy groups -OCH3 is 3. The lowest BCUT2D eigenvalue weighted by atomic mass is 9.91. The molecule has 2 aliphatic rings. The molecule has 0 bridgehead atoms. The Morgan fingerprint density at radius 1 is 1.07 bits per heavy atom. The zero-order chi connectivity index (χ0) is 20.1. The van der Waals surface area contributed by atoms with Crippen LogP contribution in [0.4, 0.5) is 0 Å². The van der Waals surface area contributed by atoms with E-state index in [0.717, 1.165) is 27.6 Å². The molecule has 0 spiro atoms. The van der Waals surface area contributed by atoms with Crippen molar-refractivity contribution in [1.82, 2.24) is 0 Å². The number of carbonyl (C=O) groups is 1. The van der Waals surface area contributed by atoms with Crippen LogP contribution in [-0.4, -0.2) is 34.1 Å². The molecule has 0 aliphatic carbocycles. The molecule has 7 nitrogen and oxygen atoms in total. The van der Waals surface area contributed by atoms with Crippen molar-refractivity contribution in [1.29, 1.82) is 0 Å². The Labute approximate surface area is 179 Å². The van der Waals surface area contributed by atoms with E-state index in [2.05, 4.69) is 0 Å². The summed E-state index contributed by atoms with van der Waals surface area (Å²) in [5.74, 6) is 2.36. The number of ether oxygens (including phenoxy) is 5. The molecule has 2 aliphatic heterocycles. The van der Waals surface area contributed by atoms with Crippen LogP contribution >= 0.6 is 0 Å². The van der Waals surface area contributed by atoms with Crippen molar-refractivity contribution >= 4 is 16.7 Å². The summed E-state index contributed by atoms with van der Waals surface area (Å²) in [7, 11) is 4.61. The zero-order valence-corrected chi connectivity index (χ0v) is 17.5. The van der Waals surface area contributed by atoms with Gasteiger partial charge in [-0.2, -0.15) is 4.57 Å². The monoisotopic (exact) mass is 429 g/mol. The molecule has 1 atom stereocenters. The van der Waals surface area contributed by atoms with Gasteiger partial charge in [0.1, 0.15) is 0 Å². The number of carbonyl (C=O) groups excluding carboxylic acids is 1. The number of fused-ring (bicyclic) bond motifs is 5. The van der Waals surface area contributed by atoms with Gasteiger partial charge < -0.3 is 36.1 Å². The number of rotatable bonds is 3. The molecule has 156 valence electrons. The number of hydrogen-bond donors (Lipinski definition) is 0. The topological polar surface area (TPSA) is 67.1 Å². The predicted octanol–water partition coefficient (Wildman–Crippen LogP) is -0.186. The van der Waals surface area contributed by atoms with Crippen LogP contribution < -0.4 is 35.9 Å². The van der Waals surface area contributed by atoms with E-state index in [1.807, 2.05) is 41.1 Å². The first-order chi connectivity index (χ1) is 14.1. The molecule has 0 saturated carbocycles. The van der Waals surface area contributed by atoms with E-state index >= 15 is 0 Å². The Morgan fingerprint density at radius 2 is 1.83 bits per heavy atom. The van der Waals surface area contributed by atoms with Crippen LogP contribution in [-0.2, 0) is 16.0 Å². The fraction of sp³-hybridized carbons (Fsp3) is 0.273. The van der Waals surface area contributed by atoms with Crippen molar-refractivity contribution in [2.24, 2.45) is 0 Å². The van der Waals surface area contributed by atoms with Gasteiger partial charge in [0.2, 0.25) is 12.5 Å². The molecular formula is C22H20ClNO6. The van der Waals surface area contributed by atoms with Crippen molar-refractivity contribution in [3.63, 3.8) is 0 Å². The van der Waals surface area contributed by atoms with Gasteiger partial charge >= 0.3 is 5.97 Å². The summed E-state index contributed by atoms with van der Waals surface area (Å²) < 4.78 is 29.2. The summed E-state index contributed by atoms with van der Waals surface area (Å²) in [5, 5.41) is 1.83. The highest BCUT2D eigenvalue weighted by molar-refractivity contribution is 5.92. The highest BCUT2D eigenvalue weighted by atomic mass is 35.5. The fourth-order valence-electron chi connectivity index (χ4n) is 4.16. The highest BCUT2D eigenvalue weighted by Gasteiger charge is 2.39. The average molecular weight is 430 g/mol. The lowest BCUT2D eigenvalue weighted by Gasteiger charge is -2.22. The first kappa shape index (κ1) is 20.1. The van der Waals surface area contributed by atoms with Gasteiger partial charge in [-0.05, 0) is 35.2 Å². The van der Waals surface area contributed by atoms with Gasteiger partial charge in [0.25, 0.3) is 6.04 Å². The molecular weight excluding hydrogens is 410 g/mol. The number of nitrogens with zero attached hydrogens (tertiary/aromatic N) is 1. The Morgan fingerprint density at radius 3 is 2.53 bits per heavy atom. The summed E-state index contributed by atoms with van der Waals surface area (Å²) in [5.41, 5.74) is 2.93. The van der Waals surface area contributed by atoms with Gasteiger partial charge in [-0.15, -0.1) is 0 Å². The minimum Gasteiger partial charge on any atom is -1.00 e. The number of benzene rings is 2. The van der Waals surface area contributed by atoms with Gasteiger partial charge in [-0.25, -0.2) is 4.79 Å². The second-order valence-electron chi connectivity index (χ2n) is 6.98. The second kappa shape index (κ2) is 7.57. The highest BCUT2D eigenvalue weighted by Crippen LogP contribution is 2.43. The number of pyridine rings is 1. The zero-order valence-electron chi connectivity index (χ0n) is 16.7. The maximum Gasteiger partial charge on any atom is 0.376 e. The molecule has 3 heterocycles. The van der Waals surface area contributed by atoms with E-state index in [9.17, 15) is 4.79 Å². The summed E-state index contributed by atoms with van der Waals surface area (Å²) in [6, 6.07) is 9.33. The van der Waals surface area contributed by atoms with Gasteiger partial charge in [-0.3, -0.25) is 0 Å². The molecule has 0 radical (unpaired) electrons. The van der Waals surface area contributed by atoms with Crippen molar-refractivity contribution < 1.29 is 45.5 Å². The first-order valence-electron chi connectivity index (χ1n) is 9.25. The Balaban J connectivity index is 0.00000218. The van der Waals surface area contributed by atoms with Crippen LogP contribution in [0.2, 0.25) is 0 Å². The minimum absolute atomic E-state index is 0. The molecule has 0 saturated heterocycles. The molecule has 0 amide bonds. The average Bonchev–Trinajstić information content (AvgIpc) is 3.21. The standard InChI is InChI=1S/C22H20NO6.ClH/c1-25-18-5-4-12-6-16-14-9-20-19(28-11-29-20)8-13(14)7-17(22(24)27-3)23(16)10-15(12)21(18)26-2;/h4-6,8-10,17H,7,11H2,1-3H3;1H/q+1;/p-1. The molecule has 30 heavy (non-hydrogen) atoms. The molecule has 3 aromatic rings. The summed E-state index contributed by atoms with van der Waals surface area (Å²) in [6.07, 6.45) is 2.43. The Bertz CT molecular complexity index is 1160. The van der Waals surface area contributed by atoms with Crippen molar-refractivity contribution in [2.75, 3.05) is 28.1 Å². The maximum absolute atomic E-state index is 12.6. The lowest BCUT2D eigenvalue weighted by molar-refractivity contribution is -0.700. The van der Waals surface area contributed by atoms with E-state index in [1.54, 1.807) is 14.2 Å². The molecule has 0 N–H and O–H groups in total. The first-order valence-corrected chi connectivity index (χ1v) is 9.25. The SMILES string of the molecule is COC(=O)C1Cc2cc3c(cc2-c2cc4ccc(OC)c(OC)c4c[n+]21)OCO3.[Cl-]. The fourth-order valence-corrected chi connectivity index (χ4v) is 4.16. The minimum atomic E-state index is -0.497. The van der Waals surface area contributed by atoms with Crippen LogP contribution in [0.15, 0.2) is 36.5 Å². The van der Waals surface area contributed by atoms with Crippen molar-refractivity contribution in [3.8, 4) is 34.3 Å². The summed E-state index contributed by atoms with van der Waals surface area (Å²) >= 11 is 0. The normalized spacial score (nSPS) is 15.6. The molecule has 8 heteroatoms. The van der Waals surface area contributed by atoms with E-state index in [4.69, 9.17) is 23.7 Å². The van der Waals surface area contributed by atoms with Crippen LogP contribution in [0, 0.1) is 0 Å². The Kier molecular flexibility index (Phi) is 5.07. The molecule has 2 aromatic carbocycles. The van der Waals surface area contributed by atoms with Gasteiger partial charge in [0, 0.05) is 12.5 Å². The van der Waals surface area contributed by atoms with Crippen molar-refractivity contribution in [3.05, 3.63) is 42.1 Å². The smallest absolute Gasteiger partial charge is 0.376 e. The van der Waals surface area contributed by atoms with E-state index in [1.165, 1.54) is 7.11 Å². The van der Waals surface area contributed by atoms with Gasteiger partial charge in [-0.1, -0.05) is 0 Å². The number of halogens is 1. The number of esters is 1. The molecule has 0 fully saturated rings. The van der Waals surface area contributed by atoms with E-state index < -0.39 is 6.04 Å². The third-order valence-corrected chi connectivity index (χ3v) is 5.55. The van der Waals surface area contributed by atoms with Crippen LogP contribution in [0.5, 0.6) is 23.0 Å². The lowest BCUT2D eigenvalue weighted by Crippen LogP contribution is -3.00. The quantitative estimate of drug-likeness (QED) is 0.425. The maximum atomic E-state index is 12.6. The molecule has 5 rings (SSSR count). The second-order valence-corrected chi connectivity index (χ2v) is 6.98. The Hall–Kier alpha value is -3.19. The van der Waals surface area contributed by atoms with Crippen LogP contribution in [0.3, 0.4) is 0 Å². The third-order valence-electron chi connectivity index (χ3n) is 5.55. The third kappa shape index (κ3) is 2.89. The summed E-state index contributed by atoms with van der Waals surface area (Å²) in [6.45, 7) is 0.202.